The van der Waals surface area contributed by atoms with E-state index in [1.165, 1.54) is 32.8 Å². The molecule has 2 fully saturated rings. The highest BCUT2D eigenvalue weighted by Crippen LogP contribution is 2.21. The summed E-state index contributed by atoms with van der Waals surface area (Å²) in [6.45, 7) is 1.65. The summed E-state index contributed by atoms with van der Waals surface area (Å²) in [4.78, 5) is 13.2. The third-order valence-corrected chi connectivity index (χ3v) is 3.43. The molecule has 0 bridgehead atoms. The van der Waals surface area contributed by atoms with Gasteiger partial charge in [0.05, 0.1) is 7.11 Å². The van der Waals surface area contributed by atoms with Crippen molar-refractivity contribution >= 4 is 6.09 Å². The van der Waals surface area contributed by atoms with Crippen molar-refractivity contribution in [3.8, 4) is 0 Å². The molecule has 15 heavy (non-hydrogen) atoms. The highest BCUT2D eigenvalue weighted by atomic mass is 16.5. The van der Waals surface area contributed by atoms with Gasteiger partial charge in [-0.05, 0) is 25.7 Å². The Kier molecular flexibility index (Phi) is 3.46. The molecule has 86 valence electrons. The third kappa shape index (κ3) is 2.62. The summed E-state index contributed by atoms with van der Waals surface area (Å²) in [5.41, 5.74) is 0. The first-order chi connectivity index (χ1) is 7.29. The van der Waals surface area contributed by atoms with E-state index in [9.17, 15) is 4.79 Å². The Hall–Kier alpha value is -0.770. The smallest absolute Gasteiger partial charge is 0.409 e. The molecule has 0 aromatic heterocycles. The lowest BCUT2D eigenvalue weighted by Gasteiger charge is -2.37. The monoisotopic (exact) mass is 212 g/mol. The van der Waals surface area contributed by atoms with Gasteiger partial charge in [-0.25, -0.2) is 4.79 Å². The summed E-state index contributed by atoms with van der Waals surface area (Å²) < 4.78 is 4.74. The van der Waals surface area contributed by atoms with Crippen LogP contribution in [0.2, 0.25) is 0 Å². The molecule has 1 saturated heterocycles. The summed E-state index contributed by atoms with van der Waals surface area (Å²) in [6, 6.07) is 1.18. The Labute approximate surface area is 91.0 Å². The summed E-state index contributed by atoms with van der Waals surface area (Å²) in [7, 11) is 1.45. The molecule has 1 heterocycles. The molecule has 1 unspecified atom stereocenters. The lowest BCUT2D eigenvalue weighted by Crippen LogP contribution is -2.52. The van der Waals surface area contributed by atoms with Gasteiger partial charge < -0.3 is 15.0 Å². The van der Waals surface area contributed by atoms with Crippen molar-refractivity contribution < 1.29 is 9.53 Å². The molecule has 0 aromatic carbocycles. The lowest BCUT2D eigenvalue weighted by atomic mass is 9.91. The number of hydrogen-bond donors (Lipinski definition) is 1. The summed E-state index contributed by atoms with van der Waals surface area (Å²) >= 11 is 0. The number of piperidine rings is 1. The molecule has 0 aromatic rings. The molecular weight excluding hydrogens is 192 g/mol. The van der Waals surface area contributed by atoms with E-state index >= 15 is 0 Å². The second-order valence-corrected chi connectivity index (χ2v) is 4.55. The van der Waals surface area contributed by atoms with Gasteiger partial charge in [0.1, 0.15) is 0 Å². The molecule has 1 saturated carbocycles. The SMILES string of the molecule is COC(=O)N1CCCC(NC2CCC2)C1. The van der Waals surface area contributed by atoms with Gasteiger partial charge in [0.15, 0.2) is 0 Å². The Morgan fingerprint density at radius 2 is 2.00 bits per heavy atom. The zero-order valence-electron chi connectivity index (χ0n) is 9.37. The molecule has 2 aliphatic rings. The van der Waals surface area contributed by atoms with Crippen LogP contribution in [0.1, 0.15) is 32.1 Å². The second-order valence-electron chi connectivity index (χ2n) is 4.55. The summed E-state index contributed by atoms with van der Waals surface area (Å²) in [5, 5.41) is 3.61. The predicted octanol–water partition coefficient (Wildman–Crippen LogP) is 1.36. The average molecular weight is 212 g/mol. The number of likely N-dealkylation sites (tertiary alicyclic amines) is 1. The largest absolute Gasteiger partial charge is 0.453 e. The number of carbonyl (C=O) groups is 1. The lowest BCUT2D eigenvalue weighted by molar-refractivity contribution is 0.103. The van der Waals surface area contributed by atoms with Gasteiger partial charge in [-0.3, -0.25) is 0 Å². The van der Waals surface area contributed by atoms with E-state index < -0.39 is 0 Å². The Morgan fingerprint density at radius 1 is 1.27 bits per heavy atom. The van der Waals surface area contributed by atoms with Crippen LogP contribution in [-0.4, -0.2) is 43.3 Å². The molecule has 0 radical (unpaired) electrons. The van der Waals surface area contributed by atoms with Crippen molar-refractivity contribution in [1.29, 1.82) is 0 Å². The number of nitrogens with one attached hydrogen (secondary N) is 1. The van der Waals surface area contributed by atoms with E-state index in [1.807, 2.05) is 0 Å². The fraction of sp³-hybridized carbons (Fsp3) is 0.909. The number of ether oxygens (including phenoxy) is 1. The van der Waals surface area contributed by atoms with Gasteiger partial charge in [-0.2, -0.15) is 0 Å². The van der Waals surface area contributed by atoms with Crippen LogP contribution in [0, 0.1) is 0 Å². The van der Waals surface area contributed by atoms with E-state index in [-0.39, 0.29) is 6.09 Å². The zero-order chi connectivity index (χ0) is 10.7. The molecule has 1 amide bonds. The molecular formula is C11H20N2O2. The van der Waals surface area contributed by atoms with Crippen LogP contribution in [0.25, 0.3) is 0 Å². The first-order valence-corrected chi connectivity index (χ1v) is 5.88. The quantitative estimate of drug-likeness (QED) is 0.751. The van der Waals surface area contributed by atoms with Crippen molar-refractivity contribution in [3.63, 3.8) is 0 Å². The molecule has 1 N–H and O–H groups in total. The standard InChI is InChI=1S/C11H20N2O2/c1-15-11(14)13-7-3-6-10(8-13)12-9-4-2-5-9/h9-10,12H,2-8H2,1H3. The van der Waals surface area contributed by atoms with Crippen LogP contribution in [-0.2, 0) is 4.74 Å². The normalized spacial score (nSPS) is 27.3. The van der Waals surface area contributed by atoms with Gasteiger partial charge >= 0.3 is 6.09 Å². The second kappa shape index (κ2) is 4.84. The summed E-state index contributed by atoms with van der Waals surface area (Å²) in [6.07, 6.45) is 6.04. The first kappa shape index (κ1) is 10.7. The fourth-order valence-electron chi connectivity index (χ4n) is 2.32. The molecule has 4 heteroatoms. The van der Waals surface area contributed by atoms with Crippen LogP contribution in [0.3, 0.4) is 0 Å². The Bertz CT molecular complexity index is 229. The number of hydrogen-bond acceptors (Lipinski definition) is 3. The maximum Gasteiger partial charge on any atom is 0.409 e. The number of nitrogens with zero attached hydrogens (tertiary/aromatic N) is 1. The number of amides is 1. The van der Waals surface area contributed by atoms with Gasteiger partial charge in [0, 0.05) is 25.2 Å². The average Bonchev–Trinajstić information content (AvgIpc) is 2.23. The maximum atomic E-state index is 11.4. The number of methoxy groups -OCH3 is 1. The van der Waals surface area contributed by atoms with E-state index in [0.717, 1.165) is 19.5 Å². The molecule has 2 rings (SSSR count). The fourth-order valence-corrected chi connectivity index (χ4v) is 2.32. The van der Waals surface area contributed by atoms with Crippen LogP contribution in [0.15, 0.2) is 0 Å². The molecule has 1 atom stereocenters. The van der Waals surface area contributed by atoms with Crippen molar-refractivity contribution in [2.24, 2.45) is 0 Å². The summed E-state index contributed by atoms with van der Waals surface area (Å²) in [5.74, 6) is 0. The predicted molar refractivity (Wildman–Crippen MR) is 57.8 cm³/mol. The van der Waals surface area contributed by atoms with Crippen molar-refractivity contribution in [3.05, 3.63) is 0 Å². The number of carbonyl (C=O) groups excluding carboxylic acids is 1. The minimum atomic E-state index is -0.185. The minimum absolute atomic E-state index is 0.185. The zero-order valence-corrected chi connectivity index (χ0v) is 9.37. The Balaban J connectivity index is 1.78. The highest BCUT2D eigenvalue weighted by Gasteiger charge is 2.27. The van der Waals surface area contributed by atoms with Crippen LogP contribution in [0.4, 0.5) is 4.79 Å². The van der Waals surface area contributed by atoms with Gasteiger partial charge in [0.2, 0.25) is 0 Å². The van der Waals surface area contributed by atoms with Crippen molar-refractivity contribution in [1.82, 2.24) is 10.2 Å². The molecule has 0 spiro atoms. The van der Waals surface area contributed by atoms with Crippen molar-refractivity contribution in [2.45, 2.75) is 44.2 Å². The van der Waals surface area contributed by atoms with E-state index in [2.05, 4.69) is 5.32 Å². The van der Waals surface area contributed by atoms with E-state index in [4.69, 9.17) is 4.74 Å². The first-order valence-electron chi connectivity index (χ1n) is 5.88. The van der Waals surface area contributed by atoms with Gasteiger partial charge in [-0.15, -0.1) is 0 Å². The molecule has 1 aliphatic carbocycles. The van der Waals surface area contributed by atoms with Crippen LogP contribution in [0.5, 0.6) is 0 Å². The topological polar surface area (TPSA) is 41.6 Å². The minimum Gasteiger partial charge on any atom is -0.453 e. The molecule has 4 nitrogen and oxygen atoms in total. The van der Waals surface area contributed by atoms with E-state index in [0.29, 0.717) is 12.1 Å². The van der Waals surface area contributed by atoms with Gasteiger partial charge in [-0.1, -0.05) is 6.42 Å². The third-order valence-electron chi connectivity index (χ3n) is 3.43. The van der Waals surface area contributed by atoms with Crippen molar-refractivity contribution in [2.75, 3.05) is 20.2 Å². The van der Waals surface area contributed by atoms with E-state index in [1.54, 1.807) is 4.90 Å². The van der Waals surface area contributed by atoms with Crippen LogP contribution < -0.4 is 5.32 Å². The Morgan fingerprint density at radius 3 is 2.60 bits per heavy atom. The highest BCUT2D eigenvalue weighted by molar-refractivity contribution is 5.67. The van der Waals surface area contributed by atoms with Gasteiger partial charge in [0.25, 0.3) is 0 Å². The van der Waals surface area contributed by atoms with Crippen LogP contribution >= 0.6 is 0 Å². The molecule has 1 aliphatic heterocycles. The maximum absolute atomic E-state index is 11.4. The number of rotatable bonds is 2.